The van der Waals surface area contributed by atoms with Gasteiger partial charge in [0.25, 0.3) is 0 Å². The second-order valence-corrected chi connectivity index (χ2v) is 9.57. The van der Waals surface area contributed by atoms with E-state index >= 15 is 0 Å². The lowest BCUT2D eigenvalue weighted by atomic mass is 10.00. The summed E-state index contributed by atoms with van der Waals surface area (Å²) in [6.45, 7) is 7.67. The zero-order valence-electron chi connectivity index (χ0n) is 19.9. The molecule has 0 saturated carbocycles. The van der Waals surface area contributed by atoms with Crippen LogP contribution >= 0.6 is 0 Å². The first kappa shape index (κ1) is 23.5. The number of carbonyl (C=O) groups is 2. The molecule has 0 radical (unpaired) electrons. The number of amides is 1. The number of carbonyl (C=O) groups excluding carboxylic acids is 2. The normalized spacial score (nSPS) is 16.0. The molecule has 1 atom stereocenters. The van der Waals surface area contributed by atoms with Crippen LogP contribution in [0.25, 0.3) is 11.0 Å². The fraction of sp³-hybridized carbons (Fsp3) is 0.370. The summed E-state index contributed by atoms with van der Waals surface area (Å²) in [4.78, 5) is 39.5. The van der Waals surface area contributed by atoms with E-state index in [1.807, 2.05) is 37.3 Å². The van der Waals surface area contributed by atoms with Gasteiger partial charge in [0.15, 0.2) is 0 Å². The zero-order chi connectivity index (χ0) is 24.5. The standard InChI is InChI=1S/C27H29NO6/c1-17-20-13-12-19(16-23(20)33-24(29)21(17)15-18-9-6-5-7-10-18)32-25(30)22-11-8-14-28(22)26(31)34-27(2,3)4/h5-7,9-10,12-13,16,22H,8,11,14-15H2,1-4H3. The highest BCUT2D eigenvalue weighted by Gasteiger charge is 2.38. The Bertz CT molecular complexity index is 1270. The predicted molar refractivity (Wildman–Crippen MR) is 128 cm³/mol. The van der Waals surface area contributed by atoms with Crippen LogP contribution in [0.3, 0.4) is 0 Å². The highest BCUT2D eigenvalue weighted by atomic mass is 16.6. The maximum absolute atomic E-state index is 12.9. The van der Waals surface area contributed by atoms with Gasteiger partial charge in [-0.1, -0.05) is 30.3 Å². The Balaban J connectivity index is 1.54. The van der Waals surface area contributed by atoms with Crippen LogP contribution in [0.15, 0.2) is 57.7 Å². The summed E-state index contributed by atoms with van der Waals surface area (Å²) in [7, 11) is 0. The van der Waals surface area contributed by atoms with Crippen molar-refractivity contribution in [1.82, 2.24) is 4.90 Å². The van der Waals surface area contributed by atoms with Crippen LogP contribution in [0.2, 0.25) is 0 Å². The van der Waals surface area contributed by atoms with Gasteiger partial charge in [0.2, 0.25) is 0 Å². The predicted octanol–water partition coefficient (Wildman–Crippen LogP) is 5.00. The molecule has 34 heavy (non-hydrogen) atoms. The Hall–Kier alpha value is -3.61. The van der Waals surface area contributed by atoms with Crippen molar-refractivity contribution in [2.24, 2.45) is 0 Å². The molecule has 0 aliphatic carbocycles. The van der Waals surface area contributed by atoms with Gasteiger partial charge in [0.1, 0.15) is 23.0 Å². The molecule has 3 aromatic rings. The highest BCUT2D eigenvalue weighted by Crippen LogP contribution is 2.27. The molecule has 7 heteroatoms. The van der Waals surface area contributed by atoms with Gasteiger partial charge in [0.05, 0.1) is 0 Å². The third kappa shape index (κ3) is 5.14. The Morgan fingerprint density at radius 2 is 1.85 bits per heavy atom. The molecule has 1 amide bonds. The first-order valence-corrected chi connectivity index (χ1v) is 11.4. The molecule has 7 nitrogen and oxygen atoms in total. The second-order valence-electron chi connectivity index (χ2n) is 9.57. The van der Waals surface area contributed by atoms with Crippen molar-refractivity contribution >= 4 is 23.0 Å². The van der Waals surface area contributed by atoms with E-state index in [4.69, 9.17) is 13.9 Å². The number of aryl methyl sites for hydroxylation is 1. The van der Waals surface area contributed by atoms with Crippen molar-refractivity contribution in [2.75, 3.05) is 6.54 Å². The van der Waals surface area contributed by atoms with E-state index in [1.165, 1.54) is 4.90 Å². The Labute approximate surface area is 198 Å². The fourth-order valence-corrected chi connectivity index (χ4v) is 4.18. The summed E-state index contributed by atoms with van der Waals surface area (Å²) >= 11 is 0. The number of ether oxygens (including phenoxy) is 2. The van der Waals surface area contributed by atoms with E-state index in [-0.39, 0.29) is 5.75 Å². The molecular formula is C27H29NO6. The SMILES string of the molecule is Cc1c(Cc2ccccc2)c(=O)oc2cc(OC(=O)C3CCCN3C(=O)OC(C)(C)C)ccc12. The summed E-state index contributed by atoms with van der Waals surface area (Å²) < 4.78 is 16.6. The van der Waals surface area contributed by atoms with Crippen molar-refractivity contribution in [3.63, 3.8) is 0 Å². The highest BCUT2D eigenvalue weighted by molar-refractivity contribution is 5.86. The van der Waals surface area contributed by atoms with E-state index in [9.17, 15) is 14.4 Å². The maximum atomic E-state index is 12.9. The van der Waals surface area contributed by atoms with Crippen LogP contribution in [0.5, 0.6) is 5.75 Å². The summed E-state index contributed by atoms with van der Waals surface area (Å²) in [6.07, 6.45) is 1.14. The molecule has 1 aromatic heterocycles. The molecule has 1 aliphatic heterocycles. The lowest BCUT2D eigenvalue weighted by Crippen LogP contribution is -2.44. The van der Waals surface area contributed by atoms with Gasteiger partial charge in [-0.25, -0.2) is 14.4 Å². The van der Waals surface area contributed by atoms with Crippen LogP contribution in [0.4, 0.5) is 4.79 Å². The van der Waals surface area contributed by atoms with E-state index < -0.39 is 29.3 Å². The molecule has 1 unspecified atom stereocenters. The van der Waals surface area contributed by atoms with E-state index in [1.54, 1.807) is 39.0 Å². The van der Waals surface area contributed by atoms with Crippen LogP contribution in [-0.2, 0) is 16.0 Å². The molecule has 0 N–H and O–H groups in total. The van der Waals surface area contributed by atoms with E-state index in [2.05, 4.69) is 0 Å². The average Bonchev–Trinajstić information content (AvgIpc) is 3.26. The van der Waals surface area contributed by atoms with Gasteiger partial charge in [0, 0.05) is 30.0 Å². The van der Waals surface area contributed by atoms with E-state index in [0.717, 1.165) is 16.5 Å². The second kappa shape index (κ2) is 9.33. The topological polar surface area (TPSA) is 86.0 Å². The molecule has 0 spiro atoms. The number of esters is 1. The maximum Gasteiger partial charge on any atom is 0.411 e. The molecule has 1 fully saturated rings. The van der Waals surface area contributed by atoms with Crippen molar-refractivity contribution in [3.8, 4) is 5.75 Å². The minimum Gasteiger partial charge on any atom is -0.444 e. The van der Waals surface area contributed by atoms with Crippen LogP contribution in [-0.4, -0.2) is 35.2 Å². The van der Waals surface area contributed by atoms with Crippen molar-refractivity contribution < 1.29 is 23.5 Å². The van der Waals surface area contributed by atoms with Gasteiger partial charge in [-0.05, 0) is 63.8 Å². The Morgan fingerprint density at radius 1 is 1.12 bits per heavy atom. The molecule has 2 heterocycles. The third-order valence-corrected chi connectivity index (χ3v) is 5.85. The number of hydrogen-bond acceptors (Lipinski definition) is 6. The average molecular weight is 464 g/mol. The monoisotopic (exact) mass is 463 g/mol. The number of benzene rings is 2. The van der Waals surface area contributed by atoms with Gasteiger partial charge < -0.3 is 13.9 Å². The minimum absolute atomic E-state index is 0.256. The quantitative estimate of drug-likeness (QED) is 0.308. The summed E-state index contributed by atoms with van der Waals surface area (Å²) in [5, 5.41) is 0.779. The zero-order valence-corrected chi connectivity index (χ0v) is 19.9. The molecule has 0 bridgehead atoms. The molecule has 1 saturated heterocycles. The fourth-order valence-electron chi connectivity index (χ4n) is 4.18. The molecule has 1 aliphatic rings. The minimum atomic E-state index is -0.715. The molecular weight excluding hydrogens is 434 g/mol. The van der Waals surface area contributed by atoms with Gasteiger partial charge in [-0.15, -0.1) is 0 Å². The number of hydrogen-bond donors (Lipinski definition) is 0. The van der Waals surface area contributed by atoms with Gasteiger partial charge in [-0.3, -0.25) is 4.90 Å². The summed E-state index contributed by atoms with van der Waals surface area (Å²) in [6, 6.07) is 14.0. The number of rotatable bonds is 4. The van der Waals surface area contributed by atoms with Crippen molar-refractivity contribution in [1.29, 1.82) is 0 Å². The van der Waals surface area contributed by atoms with Crippen molar-refractivity contribution in [2.45, 2.75) is 58.6 Å². The van der Waals surface area contributed by atoms with Crippen LogP contribution in [0, 0.1) is 6.92 Å². The Morgan fingerprint density at radius 3 is 2.56 bits per heavy atom. The van der Waals surface area contributed by atoms with Gasteiger partial charge in [-0.2, -0.15) is 0 Å². The third-order valence-electron chi connectivity index (χ3n) is 5.85. The van der Waals surface area contributed by atoms with Crippen LogP contribution < -0.4 is 10.4 Å². The van der Waals surface area contributed by atoms with Crippen LogP contribution in [0.1, 0.15) is 50.3 Å². The van der Waals surface area contributed by atoms with E-state index in [0.29, 0.717) is 37.0 Å². The van der Waals surface area contributed by atoms with Crippen molar-refractivity contribution in [3.05, 3.63) is 75.6 Å². The number of likely N-dealkylation sites (tertiary alicyclic amines) is 1. The lowest BCUT2D eigenvalue weighted by molar-refractivity contribution is -0.139. The molecule has 2 aromatic carbocycles. The largest absolute Gasteiger partial charge is 0.444 e. The smallest absolute Gasteiger partial charge is 0.411 e. The first-order valence-electron chi connectivity index (χ1n) is 11.4. The number of nitrogens with zero attached hydrogens (tertiary/aromatic N) is 1. The summed E-state index contributed by atoms with van der Waals surface area (Å²) in [5.41, 5.74) is 1.74. The van der Waals surface area contributed by atoms with Gasteiger partial charge >= 0.3 is 17.7 Å². The Kier molecular flexibility index (Phi) is 6.46. The molecule has 178 valence electrons. The molecule has 4 rings (SSSR count). The summed E-state index contributed by atoms with van der Waals surface area (Å²) in [5.74, 6) is -0.283. The first-order chi connectivity index (χ1) is 16.1. The lowest BCUT2D eigenvalue weighted by Gasteiger charge is -2.27. The number of fused-ring (bicyclic) bond motifs is 1.